The average Bonchev–Trinajstić information content (AvgIpc) is 2.51. The zero-order chi connectivity index (χ0) is 15.0. The lowest BCUT2D eigenvalue weighted by Crippen LogP contribution is -2.51. The van der Waals surface area contributed by atoms with Gasteiger partial charge in [0.2, 0.25) is 0 Å². The highest BCUT2D eigenvalue weighted by atomic mass is 79.9. The van der Waals surface area contributed by atoms with E-state index in [1.54, 1.807) is 6.07 Å². The van der Waals surface area contributed by atoms with Crippen molar-refractivity contribution < 1.29 is 13.9 Å². The molecule has 1 aromatic heterocycles. The van der Waals surface area contributed by atoms with Crippen molar-refractivity contribution in [2.75, 3.05) is 12.4 Å². The number of carbonyl (C=O) groups excluding carboxylic acids is 1. The molecule has 4 nitrogen and oxygen atoms in total. The van der Waals surface area contributed by atoms with Crippen LogP contribution in [0, 0.1) is 23.6 Å². The fourth-order valence-corrected chi connectivity index (χ4v) is 4.17. The molecule has 0 saturated heterocycles. The smallest absolute Gasteiger partial charge is 0.311 e. The normalized spacial score (nSPS) is 31.0. The highest BCUT2D eigenvalue weighted by molar-refractivity contribution is 9.10. The summed E-state index contributed by atoms with van der Waals surface area (Å²) in [7, 11) is 1.42. The van der Waals surface area contributed by atoms with Crippen LogP contribution in [0.5, 0.6) is 0 Å². The monoisotopic (exact) mass is 356 g/mol. The first-order valence-corrected chi connectivity index (χ1v) is 8.05. The number of ether oxygens (including phenoxy) is 1. The van der Waals surface area contributed by atoms with Crippen molar-refractivity contribution in [2.45, 2.75) is 31.7 Å². The number of methoxy groups -OCH3 is 1. The summed E-state index contributed by atoms with van der Waals surface area (Å²) in [5.74, 6) is -0.0359. The Kier molecular flexibility index (Phi) is 4.15. The van der Waals surface area contributed by atoms with E-state index in [4.69, 9.17) is 4.74 Å². The molecule has 1 aromatic rings. The highest BCUT2D eigenvalue weighted by Gasteiger charge is 2.47. The molecule has 0 amide bonds. The highest BCUT2D eigenvalue weighted by Crippen LogP contribution is 2.46. The first kappa shape index (κ1) is 14.8. The lowest BCUT2D eigenvalue weighted by atomic mass is 9.61. The van der Waals surface area contributed by atoms with E-state index in [2.05, 4.69) is 26.2 Å². The Morgan fingerprint density at radius 2 is 2.05 bits per heavy atom. The SMILES string of the molecule is COC(=O)C1C2CCC(CC2)C1Nc1cc(Br)ncc1F. The van der Waals surface area contributed by atoms with Gasteiger partial charge >= 0.3 is 5.97 Å². The van der Waals surface area contributed by atoms with Gasteiger partial charge in [-0.05, 0) is 59.5 Å². The van der Waals surface area contributed by atoms with Gasteiger partial charge in [-0.2, -0.15) is 0 Å². The van der Waals surface area contributed by atoms with E-state index in [-0.39, 0.29) is 17.9 Å². The van der Waals surface area contributed by atoms with Crippen molar-refractivity contribution in [3.63, 3.8) is 0 Å². The number of anilines is 1. The minimum absolute atomic E-state index is 0.0613. The topological polar surface area (TPSA) is 51.2 Å². The number of hydrogen-bond acceptors (Lipinski definition) is 4. The van der Waals surface area contributed by atoms with Crippen molar-refractivity contribution in [2.24, 2.45) is 17.8 Å². The summed E-state index contributed by atoms with van der Waals surface area (Å²) >= 11 is 3.25. The van der Waals surface area contributed by atoms with Crippen LogP contribution in [0.25, 0.3) is 0 Å². The van der Waals surface area contributed by atoms with Crippen LogP contribution in [0.3, 0.4) is 0 Å². The minimum Gasteiger partial charge on any atom is -0.469 e. The maximum Gasteiger partial charge on any atom is 0.311 e. The Bertz CT molecular complexity index is 546. The van der Waals surface area contributed by atoms with Crippen LogP contribution in [0.15, 0.2) is 16.9 Å². The van der Waals surface area contributed by atoms with Crippen LogP contribution in [-0.4, -0.2) is 24.1 Å². The van der Waals surface area contributed by atoms with Gasteiger partial charge in [0.15, 0.2) is 5.82 Å². The first-order valence-electron chi connectivity index (χ1n) is 7.25. The molecule has 1 N–H and O–H groups in total. The van der Waals surface area contributed by atoms with Gasteiger partial charge < -0.3 is 10.1 Å². The Labute approximate surface area is 131 Å². The van der Waals surface area contributed by atoms with Crippen LogP contribution in [0.1, 0.15) is 25.7 Å². The number of nitrogens with zero attached hydrogens (tertiary/aromatic N) is 1. The molecule has 114 valence electrons. The molecule has 4 rings (SSSR count). The van der Waals surface area contributed by atoms with E-state index in [1.807, 2.05) is 0 Å². The summed E-state index contributed by atoms with van der Waals surface area (Å²) in [6.45, 7) is 0. The van der Waals surface area contributed by atoms with Crippen molar-refractivity contribution in [1.82, 2.24) is 4.98 Å². The standard InChI is InChI=1S/C15H18BrFN2O2/c1-21-15(20)13-8-2-4-9(5-3-8)14(13)19-11-6-12(16)18-7-10(11)17/h6-9,13-14H,2-5H2,1H3,(H,18,19). The molecule has 6 heteroatoms. The van der Waals surface area contributed by atoms with Gasteiger partial charge in [-0.25, -0.2) is 9.37 Å². The third-order valence-electron chi connectivity index (χ3n) is 4.84. The quantitative estimate of drug-likeness (QED) is 0.666. The lowest BCUT2D eigenvalue weighted by molar-refractivity contribution is -0.152. The molecule has 0 spiro atoms. The zero-order valence-corrected chi connectivity index (χ0v) is 13.4. The van der Waals surface area contributed by atoms with Gasteiger partial charge in [-0.15, -0.1) is 0 Å². The van der Waals surface area contributed by atoms with E-state index >= 15 is 0 Å². The van der Waals surface area contributed by atoms with Crippen LogP contribution in [0.4, 0.5) is 10.1 Å². The number of fused-ring (bicyclic) bond motifs is 3. The molecule has 3 saturated carbocycles. The Morgan fingerprint density at radius 1 is 1.38 bits per heavy atom. The second-order valence-corrected chi connectivity index (χ2v) is 6.69. The van der Waals surface area contributed by atoms with Crippen LogP contribution < -0.4 is 5.32 Å². The van der Waals surface area contributed by atoms with Crippen molar-refractivity contribution in [3.05, 3.63) is 22.7 Å². The predicted molar refractivity (Wildman–Crippen MR) is 80.3 cm³/mol. The maximum absolute atomic E-state index is 13.9. The van der Waals surface area contributed by atoms with E-state index in [9.17, 15) is 9.18 Å². The van der Waals surface area contributed by atoms with Gasteiger partial charge in [0.1, 0.15) is 4.60 Å². The number of nitrogens with one attached hydrogen (secondary N) is 1. The molecule has 0 radical (unpaired) electrons. The number of esters is 1. The molecule has 1 heterocycles. The minimum atomic E-state index is -0.400. The first-order chi connectivity index (χ1) is 10.1. The predicted octanol–water partition coefficient (Wildman–Crippen LogP) is 3.37. The van der Waals surface area contributed by atoms with Gasteiger partial charge in [0.05, 0.1) is 24.9 Å². The Hall–Kier alpha value is -1.17. The molecule has 0 aliphatic heterocycles. The largest absolute Gasteiger partial charge is 0.469 e. The van der Waals surface area contributed by atoms with Crippen molar-refractivity contribution >= 4 is 27.6 Å². The van der Waals surface area contributed by atoms with Gasteiger partial charge in [-0.1, -0.05) is 0 Å². The molecule has 21 heavy (non-hydrogen) atoms. The summed E-state index contributed by atoms with van der Waals surface area (Å²) < 4.78 is 19.5. The molecular weight excluding hydrogens is 339 g/mol. The second kappa shape index (κ2) is 5.91. The summed E-state index contributed by atoms with van der Waals surface area (Å²) in [5.41, 5.74) is 0.392. The fraction of sp³-hybridized carbons (Fsp3) is 0.600. The number of carbonyl (C=O) groups is 1. The van der Waals surface area contributed by atoms with Crippen LogP contribution in [0.2, 0.25) is 0 Å². The summed E-state index contributed by atoms with van der Waals surface area (Å²) in [6.07, 6.45) is 5.48. The Balaban J connectivity index is 1.87. The van der Waals surface area contributed by atoms with E-state index in [0.29, 0.717) is 22.1 Å². The molecule has 3 fully saturated rings. The van der Waals surface area contributed by atoms with Gasteiger partial charge in [0.25, 0.3) is 0 Å². The van der Waals surface area contributed by atoms with E-state index in [1.165, 1.54) is 13.3 Å². The zero-order valence-electron chi connectivity index (χ0n) is 11.8. The fourth-order valence-electron chi connectivity index (χ4n) is 3.84. The third-order valence-corrected chi connectivity index (χ3v) is 5.27. The summed E-state index contributed by atoms with van der Waals surface area (Å²) in [5, 5.41) is 3.24. The van der Waals surface area contributed by atoms with Crippen molar-refractivity contribution in [3.8, 4) is 0 Å². The van der Waals surface area contributed by atoms with Gasteiger partial charge in [-0.3, -0.25) is 4.79 Å². The molecule has 2 atom stereocenters. The van der Waals surface area contributed by atoms with Crippen LogP contribution >= 0.6 is 15.9 Å². The van der Waals surface area contributed by atoms with Crippen LogP contribution in [-0.2, 0) is 9.53 Å². The molecule has 3 aliphatic carbocycles. The molecule has 0 aromatic carbocycles. The Morgan fingerprint density at radius 3 is 2.71 bits per heavy atom. The van der Waals surface area contributed by atoms with Gasteiger partial charge in [0, 0.05) is 6.04 Å². The van der Waals surface area contributed by atoms with Crippen molar-refractivity contribution in [1.29, 1.82) is 0 Å². The number of hydrogen-bond donors (Lipinski definition) is 1. The summed E-state index contributed by atoms with van der Waals surface area (Å²) in [6, 6.07) is 1.56. The average molecular weight is 357 g/mol. The van der Waals surface area contributed by atoms with E-state index in [0.717, 1.165) is 25.7 Å². The maximum atomic E-state index is 13.9. The molecule has 3 aliphatic rings. The number of pyridine rings is 1. The summed E-state index contributed by atoms with van der Waals surface area (Å²) in [4.78, 5) is 16.0. The van der Waals surface area contributed by atoms with E-state index < -0.39 is 5.82 Å². The second-order valence-electron chi connectivity index (χ2n) is 5.88. The third kappa shape index (κ3) is 2.78. The molecular formula is C15H18BrFN2O2. The number of rotatable bonds is 3. The molecule has 2 unspecified atom stereocenters. The molecule has 2 bridgehead atoms. The lowest BCUT2D eigenvalue weighted by Gasteiger charge is -2.47. The number of aromatic nitrogens is 1. The number of halogens is 2.